The van der Waals surface area contributed by atoms with Crippen molar-refractivity contribution in [3.8, 4) is 17.2 Å². The van der Waals surface area contributed by atoms with Crippen LogP contribution in [0.4, 0.5) is 0 Å². The molecule has 4 fully saturated rings. The summed E-state index contributed by atoms with van der Waals surface area (Å²) in [6.07, 6.45) is 12.5. The minimum atomic E-state index is -0.183. The van der Waals surface area contributed by atoms with Gasteiger partial charge in [0, 0.05) is 22.6 Å². The average Bonchev–Trinajstić information content (AvgIpc) is 3.06. The molecule has 0 radical (unpaired) electrons. The molecule has 0 amide bonds. The number of aromatic hydroxyl groups is 3. The smallest absolute Gasteiger partial charge is 0.161 e. The molecule has 1 aromatic rings. The topological polar surface area (TPSA) is 60.7 Å². The summed E-state index contributed by atoms with van der Waals surface area (Å²) in [6, 6.07) is 1.35. The quantitative estimate of drug-likeness (QED) is 0.271. The number of benzene rings is 1. The molecule has 0 aliphatic heterocycles. The molecule has 0 spiro atoms. The van der Waals surface area contributed by atoms with Crippen LogP contribution in [0.2, 0.25) is 0 Å². The lowest BCUT2D eigenvalue weighted by atomic mass is 9.34. The molecular formula is C31H46O3. The molecule has 5 aliphatic rings. The maximum absolute atomic E-state index is 10.9. The van der Waals surface area contributed by atoms with E-state index in [-0.39, 0.29) is 28.1 Å². The first kappa shape index (κ1) is 23.0. The zero-order valence-corrected chi connectivity index (χ0v) is 22.3. The van der Waals surface area contributed by atoms with E-state index in [9.17, 15) is 15.3 Å². The predicted octanol–water partition coefficient (Wildman–Crippen LogP) is 7.69. The van der Waals surface area contributed by atoms with E-state index in [4.69, 9.17) is 0 Å². The number of hydrogen-bond acceptors (Lipinski definition) is 3. The van der Waals surface area contributed by atoms with Crippen molar-refractivity contribution in [3.63, 3.8) is 0 Å². The van der Waals surface area contributed by atoms with Crippen LogP contribution in [-0.2, 0) is 11.8 Å². The van der Waals surface area contributed by atoms with E-state index in [1.54, 1.807) is 0 Å². The summed E-state index contributed by atoms with van der Waals surface area (Å²) in [5, 5.41) is 32.0. The molecule has 4 saturated carbocycles. The zero-order valence-electron chi connectivity index (χ0n) is 22.3. The molecule has 3 N–H and O–H groups in total. The van der Waals surface area contributed by atoms with Gasteiger partial charge in [-0.2, -0.15) is 0 Å². The van der Waals surface area contributed by atoms with Gasteiger partial charge in [0.2, 0.25) is 0 Å². The summed E-state index contributed by atoms with van der Waals surface area (Å²) in [6.45, 7) is 15.3. The van der Waals surface area contributed by atoms with Gasteiger partial charge >= 0.3 is 0 Å². The molecule has 3 heteroatoms. The number of rotatable bonds is 0. The van der Waals surface area contributed by atoms with E-state index >= 15 is 0 Å². The van der Waals surface area contributed by atoms with Gasteiger partial charge in [-0.25, -0.2) is 0 Å². The maximum Gasteiger partial charge on any atom is 0.161 e. The van der Waals surface area contributed by atoms with E-state index < -0.39 is 0 Å². The molecule has 0 saturated heterocycles. The Balaban J connectivity index is 1.41. The number of phenols is 3. The molecule has 5 aliphatic carbocycles. The number of phenolic OH excluding ortho intramolecular Hbond substituents is 3. The van der Waals surface area contributed by atoms with E-state index in [1.165, 1.54) is 57.4 Å². The first-order valence-corrected chi connectivity index (χ1v) is 14.1. The largest absolute Gasteiger partial charge is 0.508 e. The van der Waals surface area contributed by atoms with Crippen LogP contribution >= 0.6 is 0 Å². The van der Waals surface area contributed by atoms with Crippen molar-refractivity contribution in [2.24, 2.45) is 45.3 Å². The summed E-state index contributed by atoms with van der Waals surface area (Å²) in [5.41, 5.74) is 3.03. The van der Waals surface area contributed by atoms with Crippen molar-refractivity contribution < 1.29 is 15.3 Å². The summed E-state index contributed by atoms with van der Waals surface area (Å²) in [7, 11) is 0. The summed E-state index contributed by atoms with van der Waals surface area (Å²) < 4.78 is 0. The van der Waals surface area contributed by atoms with Gasteiger partial charge in [-0.3, -0.25) is 0 Å². The van der Waals surface area contributed by atoms with E-state index in [2.05, 4.69) is 41.5 Å². The lowest BCUT2D eigenvalue weighted by Gasteiger charge is -2.71. The van der Waals surface area contributed by atoms with E-state index in [0.717, 1.165) is 35.8 Å². The standard InChI is InChI=1S/C31H46O3/c1-27(2)11-7-12-28(3)21(27)8-13-29(4)22(28)9-14-30(5)23(29)10-15-31(6)24(30)16-18-19(32)17-20(33)26(34)25(18)31/h17,21-24,32-34H,7-16H2,1-6H3/t21-,22+,23?,24+,28+,29-,30+,31+/m1/s1. The highest BCUT2D eigenvalue weighted by atomic mass is 16.3. The molecule has 1 unspecified atom stereocenters. The van der Waals surface area contributed by atoms with Crippen LogP contribution in [-0.4, -0.2) is 15.3 Å². The lowest BCUT2D eigenvalue weighted by molar-refractivity contribution is -0.216. The Bertz CT molecular complexity index is 1040. The van der Waals surface area contributed by atoms with Gasteiger partial charge in [0.15, 0.2) is 11.5 Å². The van der Waals surface area contributed by atoms with Crippen LogP contribution in [0.25, 0.3) is 0 Å². The van der Waals surface area contributed by atoms with Gasteiger partial charge in [0.25, 0.3) is 0 Å². The zero-order chi connectivity index (χ0) is 24.5. The fourth-order valence-electron chi connectivity index (χ4n) is 12.0. The Labute approximate surface area is 206 Å². The molecule has 8 atom stereocenters. The molecule has 0 aromatic heterocycles. The number of hydrogen-bond donors (Lipinski definition) is 3. The molecule has 0 heterocycles. The van der Waals surface area contributed by atoms with Crippen molar-refractivity contribution in [1.29, 1.82) is 0 Å². The van der Waals surface area contributed by atoms with Crippen LogP contribution in [0.3, 0.4) is 0 Å². The van der Waals surface area contributed by atoms with Crippen LogP contribution in [0.15, 0.2) is 6.07 Å². The van der Waals surface area contributed by atoms with Crippen molar-refractivity contribution in [3.05, 3.63) is 17.2 Å². The molecular weight excluding hydrogens is 420 g/mol. The van der Waals surface area contributed by atoms with Crippen LogP contribution in [0.5, 0.6) is 17.2 Å². The molecule has 3 nitrogen and oxygen atoms in total. The second kappa shape index (κ2) is 6.68. The van der Waals surface area contributed by atoms with Crippen molar-refractivity contribution >= 4 is 0 Å². The fourth-order valence-corrected chi connectivity index (χ4v) is 12.0. The van der Waals surface area contributed by atoms with Gasteiger partial charge in [0.05, 0.1) is 0 Å². The van der Waals surface area contributed by atoms with Crippen LogP contribution < -0.4 is 0 Å². The van der Waals surface area contributed by atoms with Crippen LogP contribution in [0, 0.1) is 45.3 Å². The highest BCUT2D eigenvalue weighted by molar-refractivity contribution is 5.61. The van der Waals surface area contributed by atoms with Crippen molar-refractivity contribution in [2.75, 3.05) is 0 Å². The molecule has 0 bridgehead atoms. The Hall–Kier alpha value is -1.38. The Morgan fingerprint density at radius 3 is 1.88 bits per heavy atom. The minimum Gasteiger partial charge on any atom is -0.508 e. The third-order valence-corrected chi connectivity index (χ3v) is 13.3. The molecule has 188 valence electrons. The predicted molar refractivity (Wildman–Crippen MR) is 136 cm³/mol. The SMILES string of the molecule is CC1(C)CCC[C@@]2(C)[C@@H]1CC[C@@]1(C)C3CC[C@]4(C)c5c(O)c(O)cc(O)c5C[C@H]4[C@@]3(C)CC[C@@H]21. The third kappa shape index (κ3) is 2.55. The van der Waals surface area contributed by atoms with Gasteiger partial charge < -0.3 is 15.3 Å². The van der Waals surface area contributed by atoms with Crippen molar-refractivity contribution in [2.45, 2.75) is 111 Å². The van der Waals surface area contributed by atoms with Crippen LogP contribution in [0.1, 0.15) is 110 Å². The average molecular weight is 467 g/mol. The highest BCUT2D eigenvalue weighted by Gasteiger charge is 2.68. The Morgan fingerprint density at radius 1 is 0.647 bits per heavy atom. The monoisotopic (exact) mass is 466 g/mol. The Kier molecular flexibility index (Phi) is 4.53. The van der Waals surface area contributed by atoms with E-state index in [1.807, 2.05) is 0 Å². The highest BCUT2D eigenvalue weighted by Crippen LogP contribution is 2.76. The normalized spacial score (nSPS) is 48.8. The van der Waals surface area contributed by atoms with Gasteiger partial charge in [-0.1, -0.05) is 48.0 Å². The lowest BCUT2D eigenvalue weighted by Crippen LogP contribution is -2.64. The molecule has 1 aromatic carbocycles. The third-order valence-electron chi connectivity index (χ3n) is 13.3. The molecule has 6 rings (SSSR count). The Morgan fingerprint density at radius 2 is 1.21 bits per heavy atom. The van der Waals surface area contributed by atoms with Gasteiger partial charge in [0.1, 0.15) is 5.75 Å². The van der Waals surface area contributed by atoms with E-state index in [0.29, 0.717) is 28.1 Å². The fraction of sp³-hybridized carbons (Fsp3) is 0.806. The first-order chi connectivity index (χ1) is 15.8. The van der Waals surface area contributed by atoms with Crippen molar-refractivity contribution in [1.82, 2.24) is 0 Å². The minimum absolute atomic E-state index is 0.0113. The number of fused-ring (bicyclic) bond motifs is 9. The van der Waals surface area contributed by atoms with Gasteiger partial charge in [-0.05, 0) is 103 Å². The second-order valence-electron chi connectivity index (χ2n) is 14.9. The second-order valence-corrected chi connectivity index (χ2v) is 14.9. The maximum atomic E-state index is 10.9. The first-order valence-electron chi connectivity index (χ1n) is 14.1. The van der Waals surface area contributed by atoms with Gasteiger partial charge in [-0.15, -0.1) is 0 Å². The summed E-state index contributed by atoms with van der Waals surface area (Å²) in [5.74, 6) is 2.74. The summed E-state index contributed by atoms with van der Waals surface area (Å²) >= 11 is 0. The molecule has 34 heavy (non-hydrogen) atoms. The summed E-state index contributed by atoms with van der Waals surface area (Å²) in [4.78, 5) is 0.